The molecule has 2 atom stereocenters. The maximum absolute atomic E-state index is 12.5. The average Bonchev–Trinajstić information content (AvgIpc) is 3.17. The van der Waals surface area contributed by atoms with Gasteiger partial charge in [0.1, 0.15) is 17.5 Å². The molecule has 21 heavy (non-hydrogen) atoms. The highest BCUT2D eigenvalue weighted by Crippen LogP contribution is 2.38. The summed E-state index contributed by atoms with van der Waals surface area (Å²) in [6.07, 6.45) is 6.66. The Kier molecular flexibility index (Phi) is 2.97. The van der Waals surface area contributed by atoms with E-state index in [-0.39, 0.29) is 5.91 Å². The van der Waals surface area contributed by atoms with E-state index in [4.69, 9.17) is 4.74 Å². The first-order valence-electron chi connectivity index (χ1n) is 7.61. The number of carbonyl (C=O) groups is 1. The first-order valence-corrected chi connectivity index (χ1v) is 7.61. The topological polar surface area (TPSA) is 75.6 Å². The molecule has 1 amide bonds. The molecular weight excluding hydrogens is 270 g/mol. The summed E-state index contributed by atoms with van der Waals surface area (Å²) < 4.78 is 5.71. The van der Waals surface area contributed by atoms with E-state index in [1.54, 1.807) is 17.3 Å². The Balaban J connectivity index is 1.49. The second-order valence-electron chi connectivity index (χ2n) is 6.32. The zero-order chi connectivity index (χ0) is 14.4. The fourth-order valence-electron chi connectivity index (χ4n) is 3.31. The van der Waals surface area contributed by atoms with Crippen LogP contribution in [0.5, 0.6) is 0 Å². The Labute approximate surface area is 123 Å². The number of nitrogens with zero attached hydrogens (tertiary/aromatic N) is 3. The van der Waals surface area contributed by atoms with Crippen molar-refractivity contribution in [3.63, 3.8) is 0 Å². The molecule has 6 nitrogen and oxygen atoms in total. The van der Waals surface area contributed by atoms with Crippen LogP contribution in [0, 0.1) is 0 Å². The molecule has 1 aliphatic carbocycles. The fraction of sp³-hybridized carbons (Fsp3) is 0.667. The quantitative estimate of drug-likeness (QED) is 0.868. The predicted molar refractivity (Wildman–Crippen MR) is 73.8 cm³/mol. The van der Waals surface area contributed by atoms with Crippen LogP contribution in [0.2, 0.25) is 0 Å². The van der Waals surface area contributed by atoms with Gasteiger partial charge in [0, 0.05) is 31.5 Å². The van der Waals surface area contributed by atoms with Gasteiger partial charge in [-0.15, -0.1) is 0 Å². The first-order chi connectivity index (χ1) is 10.2. The number of aliphatic hydroxyl groups is 1. The first kappa shape index (κ1) is 13.2. The summed E-state index contributed by atoms with van der Waals surface area (Å²) in [4.78, 5) is 22.7. The van der Waals surface area contributed by atoms with E-state index >= 15 is 0 Å². The van der Waals surface area contributed by atoms with Crippen LogP contribution in [0.15, 0.2) is 12.4 Å². The highest BCUT2D eigenvalue weighted by molar-refractivity contribution is 5.94. The minimum absolute atomic E-state index is 0.122. The average molecular weight is 289 g/mol. The van der Waals surface area contributed by atoms with Crippen molar-refractivity contribution in [2.24, 2.45) is 0 Å². The van der Waals surface area contributed by atoms with Crippen LogP contribution >= 0.6 is 0 Å². The lowest BCUT2D eigenvalue weighted by Gasteiger charge is -2.25. The van der Waals surface area contributed by atoms with Gasteiger partial charge >= 0.3 is 0 Å². The molecule has 6 heteroatoms. The van der Waals surface area contributed by atoms with Crippen molar-refractivity contribution in [2.45, 2.75) is 43.3 Å². The van der Waals surface area contributed by atoms with Crippen molar-refractivity contribution in [1.29, 1.82) is 0 Å². The van der Waals surface area contributed by atoms with Crippen molar-refractivity contribution in [3.8, 4) is 0 Å². The minimum Gasteiger partial charge on any atom is -0.388 e. The number of hydrogen-bond acceptors (Lipinski definition) is 5. The SMILES string of the molecule is O=C(c1cnc(C2CC2)nc1)N1C[C@H](O)[C@]2(CCCO2)C1. The molecule has 1 aromatic heterocycles. The minimum atomic E-state index is -0.601. The smallest absolute Gasteiger partial charge is 0.257 e. The maximum Gasteiger partial charge on any atom is 0.257 e. The lowest BCUT2D eigenvalue weighted by Crippen LogP contribution is -2.41. The van der Waals surface area contributed by atoms with Crippen LogP contribution in [-0.2, 0) is 4.74 Å². The molecule has 3 aliphatic rings. The van der Waals surface area contributed by atoms with Crippen molar-refractivity contribution in [2.75, 3.05) is 19.7 Å². The molecule has 0 unspecified atom stereocenters. The molecule has 1 spiro atoms. The molecule has 0 bridgehead atoms. The Morgan fingerprint density at radius 2 is 2.14 bits per heavy atom. The number of aliphatic hydroxyl groups excluding tert-OH is 1. The summed E-state index contributed by atoms with van der Waals surface area (Å²) in [5.74, 6) is 1.20. The number of carbonyl (C=O) groups excluding carboxylic acids is 1. The number of rotatable bonds is 2. The molecule has 2 aliphatic heterocycles. The standard InChI is InChI=1S/C15H19N3O3/c19-12-8-18(9-15(12)4-1-5-21-15)14(20)11-6-16-13(17-7-11)10-2-3-10/h6-7,10,12,19H,1-5,8-9H2/t12-,15-/m0/s1. The van der Waals surface area contributed by atoms with E-state index < -0.39 is 11.7 Å². The second-order valence-corrected chi connectivity index (χ2v) is 6.32. The molecule has 4 rings (SSSR count). The number of likely N-dealkylation sites (tertiary alicyclic amines) is 1. The highest BCUT2D eigenvalue weighted by atomic mass is 16.5. The third-order valence-electron chi connectivity index (χ3n) is 4.74. The Hall–Kier alpha value is -1.53. The van der Waals surface area contributed by atoms with E-state index in [2.05, 4.69) is 9.97 Å². The Morgan fingerprint density at radius 3 is 2.76 bits per heavy atom. The van der Waals surface area contributed by atoms with Gasteiger partial charge in [0.2, 0.25) is 0 Å². The van der Waals surface area contributed by atoms with Gasteiger partial charge in [-0.25, -0.2) is 9.97 Å². The summed E-state index contributed by atoms with van der Waals surface area (Å²) in [5, 5.41) is 10.2. The van der Waals surface area contributed by atoms with Crippen LogP contribution < -0.4 is 0 Å². The molecule has 1 aromatic rings. The van der Waals surface area contributed by atoms with E-state index in [1.165, 1.54) is 0 Å². The molecule has 3 fully saturated rings. The van der Waals surface area contributed by atoms with Crippen LogP contribution in [0.3, 0.4) is 0 Å². The molecule has 1 N–H and O–H groups in total. The van der Waals surface area contributed by atoms with Gasteiger partial charge in [0.15, 0.2) is 0 Å². The van der Waals surface area contributed by atoms with Crippen LogP contribution in [0.25, 0.3) is 0 Å². The molecule has 112 valence electrons. The van der Waals surface area contributed by atoms with Gasteiger partial charge in [0.25, 0.3) is 5.91 Å². The summed E-state index contributed by atoms with van der Waals surface area (Å²) >= 11 is 0. The van der Waals surface area contributed by atoms with Gasteiger partial charge in [0.05, 0.1) is 12.1 Å². The maximum atomic E-state index is 12.5. The fourth-order valence-corrected chi connectivity index (χ4v) is 3.31. The van der Waals surface area contributed by atoms with Gasteiger partial charge in [-0.1, -0.05) is 0 Å². The summed E-state index contributed by atoms with van der Waals surface area (Å²) in [6, 6.07) is 0. The van der Waals surface area contributed by atoms with Gasteiger partial charge in [-0.3, -0.25) is 4.79 Å². The highest BCUT2D eigenvalue weighted by Gasteiger charge is 2.50. The number of aromatic nitrogens is 2. The molecule has 0 radical (unpaired) electrons. The van der Waals surface area contributed by atoms with Crippen molar-refractivity contribution in [1.82, 2.24) is 14.9 Å². The third kappa shape index (κ3) is 2.22. The largest absolute Gasteiger partial charge is 0.388 e. The Morgan fingerprint density at radius 1 is 1.38 bits per heavy atom. The summed E-state index contributed by atoms with van der Waals surface area (Å²) in [5.41, 5.74) is -0.0635. The van der Waals surface area contributed by atoms with Crippen molar-refractivity contribution in [3.05, 3.63) is 23.8 Å². The number of hydrogen-bond donors (Lipinski definition) is 1. The molecule has 1 saturated carbocycles. The lowest BCUT2D eigenvalue weighted by molar-refractivity contribution is -0.0590. The zero-order valence-corrected chi connectivity index (χ0v) is 11.9. The monoisotopic (exact) mass is 289 g/mol. The van der Waals surface area contributed by atoms with Crippen molar-refractivity contribution >= 4 is 5.91 Å². The van der Waals surface area contributed by atoms with E-state index in [0.29, 0.717) is 31.2 Å². The van der Waals surface area contributed by atoms with Crippen LogP contribution in [-0.4, -0.2) is 57.3 Å². The Bertz CT molecular complexity index is 550. The second kappa shape index (κ2) is 4.74. The number of β-amino-alcohol motifs (C(OH)–C–C–N with tert-alkyl or cyclic N) is 1. The lowest BCUT2D eigenvalue weighted by atomic mass is 9.97. The molecule has 2 saturated heterocycles. The predicted octanol–water partition coefficient (Wildman–Crippen LogP) is 0.720. The van der Waals surface area contributed by atoms with Crippen LogP contribution in [0.1, 0.15) is 47.8 Å². The number of ether oxygens (including phenoxy) is 1. The summed E-state index contributed by atoms with van der Waals surface area (Å²) in [6.45, 7) is 1.44. The van der Waals surface area contributed by atoms with Crippen LogP contribution in [0.4, 0.5) is 0 Å². The normalized spacial score (nSPS) is 32.0. The summed E-state index contributed by atoms with van der Waals surface area (Å²) in [7, 11) is 0. The van der Waals surface area contributed by atoms with Gasteiger partial charge < -0.3 is 14.7 Å². The zero-order valence-electron chi connectivity index (χ0n) is 11.9. The van der Waals surface area contributed by atoms with E-state index in [9.17, 15) is 9.90 Å². The van der Waals surface area contributed by atoms with E-state index in [0.717, 1.165) is 31.5 Å². The molecule has 0 aromatic carbocycles. The molecular formula is C15H19N3O3. The number of amides is 1. The molecule has 3 heterocycles. The van der Waals surface area contributed by atoms with E-state index in [1.807, 2.05) is 0 Å². The third-order valence-corrected chi connectivity index (χ3v) is 4.74. The van der Waals surface area contributed by atoms with Gasteiger partial charge in [-0.2, -0.15) is 0 Å². The van der Waals surface area contributed by atoms with Crippen molar-refractivity contribution < 1.29 is 14.6 Å². The van der Waals surface area contributed by atoms with Gasteiger partial charge in [-0.05, 0) is 25.7 Å².